The second kappa shape index (κ2) is 6.08. The van der Waals surface area contributed by atoms with Crippen molar-refractivity contribution in [3.8, 4) is 5.75 Å². The molecule has 116 valence electrons. The third-order valence-corrected chi connectivity index (χ3v) is 3.77. The number of rotatable bonds is 3. The van der Waals surface area contributed by atoms with Crippen molar-refractivity contribution in [3.05, 3.63) is 65.2 Å². The van der Waals surface area contributed by atoms with Crippen LogP contribution in [-0.2, 0) is 4.79 Å². The number of anilines is 1. The third-order valence-electron chi connectivity index (χ3n) is 3.77. The average Bonchev–Trinajstić information content (AvgIpc) is 2.84. The average molecular weight is 306 g/mol. The maximum atomic E-state index is 12.6. The van der Waals surface area contributed by atoms with Crippen LogP contribution in [0.5, 0.6) is 5.75 Å². The Morgan fingerprint density at radius 1 is 1.00 bits per heavy atom. The first-order valence-corrected chi connectivity index (χ1v) is 7.41. The second-order valence-electron chi connectivity index (χ2n) is 5.47. The lowest BCUT2D eigenvalue weighted by Gasteiger charge is -2.11. The first-order chi connectivity index (χ1) is 11.1. The predicted octanol–water partition coefficient (Wildman–Crippen LogP) is 3.81. The molecule has 1 aliphatic heterocycles. The minimum atomic E-state index is -0.109. The summed E-state index contributed by atoms with van der Waals surface area (Å²) in [7, 11) is 1.63. The van der Waals surface area contributed by atoms with Crippen LogP contribution < -0.4 is 9.75 Å². The van der Waals surface area contributed by atoms with E-state index in [2.05, 4.69) is 5.10 Å². The summed E-state index contributed by atoms with van der Waals surface area (Å²) in [5.41, 5.74) is 4.18. The maximum Gasteiger partial charge on any atom is 0.280 e. The largest absolute Gasteiger partial charge is 0.497 e. The molecule has 1 amide bonds. The SMILES string of the molecule is COc1ccc(/C=C2\C(=O)N(c3ccc(C)cc3)N=C2C)cc1. The lowest BCUT2D eigenvalue weighted by atomic mass is 10.1. The van der Waals surface area contributed by atoms with Crippen LogP contribution in [0, 0.1) is 6.92 Å². The highest BCUT2D eigenvalue weighted by molar-refractivity contribution is 6.32. The van der Waals surface area contributed by atoms with Gasteiger partial charge in [-0.2, -0.15) is 10.1 Å². The summed E-state index contributed by atoms with van der Waals surface area (Å²) < 4.78 is 5.15. The second-order valence-corrected chi connectivity index (χ2v) is 5.47. The third kappa shape index (κ3) is 3.01. The molecule has 2 aromatic carbocycles. The number of hydrazone groups is 1. The van der Waals surface area contributed by atoms with E-state index < -0.39 is 0 Å². The molecule has 1 aliphatic rings. The van der Waals surface area contributed by atoms with Crippen molar-refractivity contribution in [2.24, 2.45) is 5.10 Å². The van der Waals surface area contributed by atoms with Gasteiger partial charge < -0.3 is 4.74 Å². The van der Waals surface area contributed by atoms with Gasteiger partial charge in [-0.3, -0.25) is 4.79 Å². The summed E-state index contributed by atoms with van der Waals surface area (Å²) in [6, 6.07) is 15.3. The summed E-state index contributed by atoms with van der Waals surface area (Å²) in [6.45, 7) is 3.86. The number of amides is 1. The molecule has 0 N–H and O–H groups in total. The van der Waals surface area contributed by atoms with Gasteiger partial charge in [-0.15, -0.1) is 0 Å². The number of carbonyl (C=O) groups excluding carboxylic acids is 1. The van der Waals surface area contributed by atoms with Crippen molar-refractivity contribution >= 4 is 23.4 Å². The van der Waals surface area contributed by atoms with Gasteiger partial charge in [-0.1, -0.05) is 29.8 Å². The number of benzene rings is 2. The van der Waals surface area contributed by atoms with Crippen molar-refractivity contribution in [2.45, 2.75) is 13.8 Å². The standard InChI is InChI=1S/C19H18N2O2/c1-13-4-8-16(9-5-13)21-19(22)18(14(2)20-21)12-15-6-10-17(23-3)11-7-15/h4-12H,1-3H3/b18-12-. The monoisotopic (exact) mass is 306 g/mol. The Morgan fingerprint density at radius 2 is 1.65 bits per heavy atom. The van der Waals surface area contributed by atoms with Crippen molar-refractivity contribution < 1.29 is 9.53 Å². The van der Waals surface area contributed by atoms with Gasteiger partial charge in [0.05, 0.1) is 24.1 Å². The van der Waals surface area contributed by atoms with E-state index in [-0.39, 0.29) is 5.91 Å². The molecule has 0 saturated heterocycles. The Hall–Kier alpha value is -2.88. The van der Waals surface area contributed by atoms with E-state index in [0.717, 1.165) is 22.6 Å². The lowest BCUT2D eigenvalue weighted by Crippen LogP contribution is -2.21. The van der Waals surface area contributed by atoms with E-state index in [0.29, 0.717) is 11.3 Å². The van der Waals surface area contributed by atoms with Crippen LogP contribution in [0.4, 0.5) is 5.69 Å². The van der Waals surface area contributed by atoms with Gasteiger partial charge in [0.1, 0.15) is 5.75 Å². The zero-order valence-corrected chi connectivity index (χ0v) is 13.4. The molecule has 0 aliphatic carbocycles. The van der Waals surface area contributed by atoms with E-state index in [1.54, 1.807) is 7.11 Å². The van der Waals surface area contributed by atoms with Gasteiger partial charge >= 0.3 is 0 Å². The number of aryl methyl sites for hydroxylation is 1. The van der Waals surface area contributed by atoms with Crippen molar-refractivity contribution in [1.29, 1.82) is 0 Å². The zero-order valence-electron chi connectivity index (χ0n) is 13.4. The van der Waals surface area contributed by atoms with Gasteiger partial charge in [0.15, 0.2) is 0 Å². The Morgan fingerprint density at radius 3 is 2.26 bits per heavy atom. The first kappa shape index (κ1) is 15.0. The van der Waals surface area contributed by atoms with Crippen LogP contribution in [0.15, 0.2) is 59.2 Å². The Kier molecular flexibility index (Phi) is 3.98. The first-order valence-electron chi connectivity index (χ1n) is 7.41. The van der Waals surface area contributed by atoms with Crippen molar-refractivity contribution in [3.63, 3.8) is 0 Å². The molecule has 4 nitrogen and oxygen atoms in total. The molecule has 0 radical (unpaired) electrons. The predicted molar refractivity (Wildman–Crippen MR) is 92.7 cm³/mol. The van der Waals surface area contributed by atoms with E-state index in [4.69, 9.17) is 4.74 Å². The number of carbonyl (C=O) groups is 1. The summed E-state index contributed by atoms with van der Waals surface area (Å²) in [5, 5.41) is 5.84. The Bertz CT molecular complexity index is 787. The molecule has 0 fully saturated rings. The molecular weight excluding hydrogens is 288 g/mol. The summed E-state index contributed by atoms with van der Waals surface area (Å²) in [6.07, 6.45) is 1.86. The molecule has 0 bridgehead atoms. The molecule has 4 heteroatoms. The molecule has 3 rings (SSSR count). The Balaban J connectivity index is 1.89. The van der Waals surface area contributed by atoms with Crippen LogP contribution in [-0.4, -0.2) is 18.7 Å². The van der Waals surface area contributed by atoms with Gasteiger partial charge in [-0.25, -0.2) is 0 Å². The molecule has 0 aromatic heterocycles. The van der Waals surface area contributed by atoms with E-state index in [1.807, 2.05) is 68.5 Å². The smallest absolute Gasteiger partial charge is 0.280 e. The van der Waals surface area contributed by atoms with Crippen LogP contribution in [0.2, 0.25) is 0 Å². The van der Waals surface area contributed by atoms with E-state index >= 15 is 0 Å². The van der Waals surface area contributed by atoms with Gasteiger partial charge in [0.2, 0.25) is 0 Å². The number of ether oxygens (including phenoxy) is 1. The summed E-state index contributed by atoms with van der Waals surface area (Å²) in [4.78, 5) is 12.6. The fraction of sp³-hybridized carbons (Fsp3) is 0.158. The normalized spacial score (nSPS) is 16.0. The highest BCUT2D eigenvalue weighted by Gasteiger charge is 2.28. The highest BCUT2D eigenvalue weighted by Crippen LogP contribution is 2.25. The molecule has 23 heavy (non-hydrogen) atoms. The fourth-order valence-corrected chi connectivity index (χ4v) is 2.41. The molecule has 0 spiro atoms. The number of hydrogen-bond donors (Lipinski definition) is 0. The van der Waals surface area contributed by atoms with Crippen molar-refractivity contribution in [2.75, 3.05) is 12.1 Å². The quantitative estimate of drug-likeness (QED) is 0.809. The van der Waals surface area contributed by atoms with E-state index in [1.165, 1.54) is 5.01 Å². The minimum absolute atomic E-state index is 0.109. The maximum absolute atomic E-state index is 12.6. The van der Waals surface area contributed by atoms with Gasteiger partial charge in [0, 0.05) is 0 Å². The molecule has 2 aromatic rings. The van der Waals surface area contributed by atoms with Crippen molar-refractivity contribution in [1.82, 2.24) is 0 Å². The lowest BCUT2D eigenvalue weighted by molar-refractivity contribution is -0.114. The number of methoxy groups -OCH3 is 1. The number of nitrogens with zero attached hydrogens (tertiary/aromatic N) is 2. The van der Waals surface area contributed by atoms with Crippen LogP contribution in [0.3, 0.4) is 0 Å². The zero-order chi connectivity index (χ0) is 16.4. The Labute approximate surface area is 135 Å². The molecule has 0 unspecified atom stereocenters. The van der Waals surface area contributed by atoms with Crippen LogP contribution >= 0.6 is 0 Å². The highest BCUT2D eigenvalue weighted by atomic mass is 16.5. The van der Waals surface area contributed by atoms with Gasteiger partial charge in [0.25, 0.3) is 5.91 Å². The minimum Gasteiger partial charge on any atom is -0.497 e. The topological polar surface area (TPSA) is 41.9 Å². The number of hydrogen-bond acceptors (Lipinski definition) is 3. The van der Waals surface area contributed by atoms with Crippen LogP contribution in [0.1, 0.15) is 18.1 Å². The van der Waals surface area contributed by atoms with Crippen LogP contribution in [0.25, 0.3) is 6.08 Å². The fourth-order valence-electron chi connectivity index (χ4n) is 2.41. The molecular formula is C19H18N2O2. The van der Waals surface area contributed by atoms with Gasteiger partial charge in [-0.05, 0) is 49.8 Å². The molecule has 1 heterocycles. The summed E-state index contributed by atoms with van der Waals surface area (Å²) in [5.74, 6) is 0.679. The summed E-state index contributed by atoms with van der Waals surface area (Å²) >= 11 is 0. The molecule has 0 saturated carbocycles. The van der Waals surface area contributed by atoms with E-state index in [9.17, 15) is 4.79 Å². The molecule has 0 atom stereocenters.